The topological polar surface area (TPSA) is 168 Å². The first-order chi connectivity index (χ1) is 18.8. The smallest absolute Gasteiger partial charge is 0.255 e. The molecule has 1 heterocycles. The van der Waals surface area contributed by atoms with Gasteiger partial charge in [-0.3, -0.25) is 24.2 Å². The zero-order valence-corrected chi connectivity index (χ0v) is 23.9. The molecule has 216 valence electrons. The van der Waals surface area contributed by atoms with Crippen molar-refractivity contribution >= 4 is 40.7 Å². The summed E-state index contributed by atoms with van der Waals surface area (Å²) in [7, 11) is 6.90. The van der Waals surface area contributed by atoms with E-state index < -0.39 is 58.0 Å². The summed E-state index contributed by atoms with van der Waals surface area (Å²) in [5.74, 6) is -4.44. The largest absolute Gasteiger partial charge is 0.508 e. The van der Waals surface area contributed by atoms with Gasteiger partial charge in [0, 0.05) is 68.0 Å². The van der Waals surface area contributed by atoms with Gasteiger partial charge in [-0.05, 0) is 44.5 Å². The number of primary amides is 1. The van der Waals surface area contributed by atoms with Gasteiger partial charge in [0.2, 0.25) is 5.78 Å². The number of aliphatic hydroxyl groups excluding tert-OH is 2. The maximum atomic E-state index is 14.1. The Labute approximate surface area is 236 Å². The second kappa shape index (κ2) is 10.1. The highest BCUT2D eigenvalue weighted by Crippen LogP contribution is 2.54. The van der Waals surface area contributed by atoms with E-state index in [1.165, 1.54) is 4.90 Å². The number of aromatic hydroxyl groups is 1. The minimum Gasteiger partial charge on any atom is -0.508 e. The summed E-state index contributed by atoms with van der Waals surface area (Å²) in [6, 6.07) is 0.805. The lowest BCUT2D eigenvalue weighted by Crippen LogP contribution is -2.65. The molecule has 5 rings (SSSR count). The molecular formula is C28H36N4O7S. The first-order valence-electron chi connectivity index (χ1n) is 13.3. The van der Waals surface area contributed by atoms with Crippen molar-refractivity contribution in [3.8, 4) is 5.75 Å². The summed E-state index contributed by atoms with van der Waals surface area (Å²) in [5, 5.41) is 45.9. The Hall–Kier alpha value is -3.06. The van der Waals surface area contributed by atoms with Gasteiger partial charge in [0.15, 0.2) is 11.4 Å². The molecule has 1 saturated carbocycles. The molecule has 4 atom stereocenters. The van der Waals surface area contributed by atoms with Crippen LogP contribution in [0, 0.1) is 11.8 Å². The number of phenols is 1. The minimum atomic E-state index is -2.65. The second-order valence-electron chi connectivity index (χ2n) is 11.5. The Kier molecular flexibility index (Phi) is 7.18. The number of nitrogens with two attached hydrogens (primary N) is 1. The van der Waals surface area contributed by atoms with E-state index in [0.29, 0.717) is 17.7 Å². The zero-order chi connectivity index (χ0) is 29.3. The average molecular weight is 573 g/mol. The van der Waals surface area contributed by atoms with Crippen LogP contribution < -0.4 is 10.6 Å². The van der Waals surface area contributed by atoms with Crippen molar-refractivity contribution in [1.82, 2.24) is 9.80 Å². The quantitative estimate of drug-likeness (QED) is 0.313. The van der Waals surface area contributed by atoms with Crippen LogP contribution in [0.3, 0.4) is 0 Å². The number of aliphatic hydroxyl groups is 3. The van der Waals surface area contributed by atoms with E-state index in [-0.39, 0.29) is 29.7 Å². The van der Waals surface area contributed by atoms with E-state index in [0.717, 1.165) is 30.3 Å². The Morgan fingerprint density at radius 3 is 2.38 bits per heavy atom. The lowest BCUT2D eigenvalue weighted by atomic mass is 9.57. The third-order valence-electron chi connectivity index (χ3n) is 8.76. The highest BCUT2D eigenvalue weighted by Gasteiger charge is 2.64. The molecule has 1 aromatic carbocycles. The summed E-state index contributed by atoms with van der Waals surface area (Å²) >= 11 is 1.87. The van der Waals surface area contributed by atoms with Gasteiger partial charge < -0.3 is 31.1 Å². The van der Waals surface area contributed by atoms with Crippen LogP contribution in [0.1, 0.15) is 23.1 Å². The maximum Gasteiger partial charge on any atom is 0.255 e. The summed E-state index contributed by atoms with van der Waals surface area (Å²) < 4.78 is 0. The number of rotatable bonds is 5. The summed E-state index contributed by atoms with van der Waals surface area (Å²) in [4.78, 5) is 45.1. The molecule has 1 amide bonds. The molecule has 11 nitrogen and oxygen atoms in total. The number of carbonyl (C=O) groups excluding carboxylic acids is 3. The Morgan fingerprint density at radius 1 is 1.15 bits per heavy atom. The number of phenolic OH excluding ortho intramolecular Hbond substituents is 1. The highest BCUT2D eigenvalue weighted by molar-refractivity contribution is 7.99. The van der Waals surface area contributed by atoms with E-state index in [4.69, 9.17) is 5.73 Å². The number of hydrogen-bond acceptors (Lipinski definition) is 11. The van der Waals surface area contributed by atoms with Crippen molar-refractivity contribution in [1.29, 1.82) is 0 Å². The molecule has 4 aliphatic rings. The molecule has 3 aliphatic carbocycles. The lowest BCUT2D eigenvalue weighted by molar-refractivity contribution is -0.153. The number of anilines is 1. The average Bonchev–Trinajstić information content (AvgIpc) is 2.87. The van der Waals surface area contributed by atoms with Gasteiger partial charge in [-0.1, -0.05) is 0 Å². The minimum absolute atomic E-state index is 0.0621. The molecular weight excluding hydrogens is 536 g/mol. The normalized spacial score (nSPS) is 28.9. The van der Waals surface area contributed by atoms with E-state index in [1.807, 2.05) is 36.8 Å². The van der Waals surface area contributed by atoms with Crippen LogP contribution >= 0.6 is 11.8 Å². The van der Waals surface area contributed by atoms with Gasteiger partial charge >= 0.3 is 0 Å². The molecule has 2 fully saturated rings. The van der Waals surface area contributed by atoms with Crippen molar-refractivity contribution in [3.05, 3.63) is 39.7 Å². The van der Waals surface area contributed by atoms with Gasteiger partial charge in [0.1, 0.15) is 22.8 Å². The number of benzene rings is 1. The van der Waals surface area contributed by atoms with Gasteiger partial charge in [0.05, 0.1) is 11.6 Å². The molecule has 1 saturated heterocycles. The molecule has 1 aromatic rings. The fourth-order valence-electron chi connectivity index (χ4n) is 6.87. The molecule has 6 N–H and O–H groups in total. The van der Waals surface area contributed by atoms with Crippen LogP contribution in [-0.2, 0) is 27.3 Å². The highest BCUT2D eigenvalue weighted by atomic mass is 32.2. The van der Waals surface area contributed by atoms with Crippen molar-refractivity contribution < 1.29 is 34.8 Å². The number of nitrogens with zero attached hydrogens (tertiary/aromatic N) is 3. The number of amides is 1. The lowest BCUT2D eigenvalue weighted by Gasteiger charge is -2.50. The van der Waals surface area contributed by atoms with E-state index in [1.54, 1.807) is 14.1 Å². The van der Waals surface area contributed by atoms with Crippen molar-refractivity contribution in [2.45, 2.75) is 31.0 Å². The summed E-state index contributed by atoms with van der Waals surface area (Å²) in [6.07, 6.45) is 0.322. The van der Waals surface area contributed by atoms with Crippen molar-refractivity contribution in [2.75, 3.05) is 57.7 Å². The van der Waals surface area contributed by atoms with Crippen molar-refractivity contribution in [2.24, 2.45) is 17.6 Å². The SMILES string of the molecule is CN(C)c1cc(CN2CCSCC2)c(O)c2c1C[C@H]1C[C@H]3[C@H](N(C)C)C(=O)C(C(N)=O)=C(O)[C@@]3(O)C(=O)C1=C2O. The van der Waals surface area contributed by atoms with Gasteiger partial charge in [-0.15, -0.1) is 0 Å². The van der Waals surface area contributed by atoms with Crippen LogP contribution in [0.25, 0.3) is 5.76 Å². The van der Waals surface area contributed by atoms with Crippen LogP contribution in [0.4, 0.5) is 5.69 Å². The maximum absolute atomic E-state index is 14.1. The predicted molar refractivity (Wildman–Crippen MR) is 151 cm³/mol. The number of thioether (sulfide) groups is 1. The summed E-state index contributed by atoms with van der Waals surface area (Å²) in [5.41, 5.74) is 3.97. The fraction of sp³-hybridized carbons (Fsp3) is 0.536. The Bertz CT molecular complexity index is 1360. The predicted octanol–water partition coefficient (Wildman–Crippen LogP) is 0.579. The number of likely N-dealkylation sites (N-methyl/N-ethyl adjacent to an activating group) is 1. The second-order valence-corrected chi connectivity index (χ2v) is 12.7. The molecule has 0 bridgehead atoms. The fourth-order valence-corrected chi connectivity index (χ4v) is 7.84. The monoisotopic (exact) mass is 572 g/mol. The molecule has 0 unspecified atom stereocenters. The van der Waals surface area contributed by atoms with Crippen LogP contribution in [0.5, 0.6) is 5.75 Å². The number of hydrogen-bond donors (Lipinski definition) is 5. The first-order valence-corrected chi connectivity index (χ1v) is 14.5. The van der Waals surface area contributed by atoms with Crippen LogP contribution in [0.15, 0.2) is 23.0 Å². The molecule has 40 heavy (non-hydrogen) atoms. The molecule has 12 heteroatoms. The van der Waals surface area contributed by atoms with Gasteiger partial charge in [0.25, 0.3) is 5.91 Å². The zero-order valence-electron chi connectivity index (χ0n) is 23.1. The van der Waals surface area contributed by atoms with Gasteiger partial charge in [-0.2, -0.15) is 11.8 Å². The number of ketones is 2. The van der Waals surface area contributed by atoms with E-state index >= 15 is 0 Å². The number of Topliss-reactive ketones (excluding diaryl/α,β-unsaturated/α-hetero) is 2. The first kappa shape index (κ1) is 28.5. The Morgan fingerprint density at radius 2 is 1.80 bits per heavy atom. The third-order valence-corrected chi connectivity index (χ3v) is 9.70. The van der Waals surface area contributed by atoms with E-state index in [2.05, 4.69) is 4.90 Å². The van der Waals surface area contributed by atoms with Crippen LogP contribution in [0.2, 0.25) is 0 Å². The molecule has 1 aliphatic heterocycles. The number of carbonyl (C=O) groups is 3. The molecule has 0 spiro atoms. The van der Waals surface area contributed by atoms with Crippen LogP contribution in [-0.4, -0.2) is 112 Å². The Balaban J connectivity index is 1.69. The van der Waals surface area contributed by atoms with Gasteiger partial charge in [-0.25, -0.2) is 0 Å². The number of fused-ring (bicyclic) bond motifs is 3. The molecule has 0 radical (unpaired) electrons. The molecule has 0 aromatic heterocycles. The third kappa shape index (κ3) is 4.11. The van der Waals surface area contributed by atoms with E-state index in [9.17, 15) is 34.8 Å². The standard InChI is InChI=1S/C28H36N4O7S/c1-30(2)17-11-14(12-32-5-7-40-8-6-32)22(33)19-15(17)9-13-10-16-21(31(3)4)24(35)20(27(29)38)26(37)28(16,39)25(36)18(13)23(19)34/h11,13,16,21,33-34,37,39H,5-10,12H2,1-4H3,(H2,29,38)/t13-,16-,21-,28-/m0/s1. The summed E-state index contributed by atoms with van der Waals surface area (Å²) in [6.45, 7) is 2.19. The van der Waals surface area contributed by atoms with Crippen molar-refractivity contribution in [3.63, 3.8) is 0 Å².